The molecule has 0 radical (unpaired) electrons. The van der Waals surface area contributed by atoms with Crippen LogP contribution < -0.4 is 25.8 Å². The van der Waals surface area contributed by atoms with Crippen LogP contribution in [0.4, 0.5) is 45.6 Å². The van der Waals surface area contributed by atoms with Crippen molar-refractivity contribution in [1.82, 2.24) is 88.8 Å². The van der Waals surface area contributed by atoms with Crippen molar-refractivity contribution in [3.05, 3.63) is 210 Å². The van der Waals surface area contributed by atoms with Crippen molar-refractivity contribution in [1.29, 1.82) is 0 Å². The van der Waals surface area contributed by atoms with Crippen LogP contribution in [0.25, 0.3) is 50.3 Å². The maximum atomic E-state index is 14.8. The minimum atomic E-state index is -0.628. The van der Waals surface area contributed by atoms with E-state index in [0.29, 0.717) is 115 Å². The zero-order chi connectivity index (χ0) is 81.4. The molecule has 0 bridgehead atoms. The van der Waals surface area contributed by atoms with Gasteiger partial charge in [-0.25, -0.2) is 71.2 Å². The first-order chi connectivity index (χ1) is 54.3. The number of halogens is 5. The van der Waals surface area contributed by atoms with Crippen LogP contribution in [0.15, 0.2) is 147 Å². The Morgan fingerprint density at radius 3 is 1.20 bits per heavy atom. The summed E-state index contributed by atoms with van der Waals surface area (Å²) < 4.78 is 59.3. The second-order valence-electron chi connectivity index (χ2n) is 30.2. The van der Waals surface area contributed by atoms with Gasteiger partial charge in [-0.15, -0.1) is 12.4 Å². The van der Waals surface area contributed by atoms with E-state index in [2.05, 4.69) is 107 Å². The number of ether oxygens (including phenoxy) is 2. The molecule has 15 rings (SSSR count). The van der Waals surface area contributed by atoms with Crippen molar-refractivity contribution in [3.8, 4) is 33.8 Å². The number of hydrogen-bond acceptors (Lipinski definition) is 21. The van der Waals surface area contributed by atoms with Gasteiger partial charge in [0.25, 0.3) is 0 Å². The maximum absolute atomic E-state index is 14.8. The first-order valence-electron chi connectivity index (χ1n) is 37.1. The molecule has 12 aromatic rings. The Bertz CT molecular complexity index is 5500. The van der Waals surface area contributed by atoms with Crippen LogP contribution in [-0.4, -0.2) is 184 Å². The molecule has 0 aliphatic carbocycles. The number of nitrogen functional groups attached to an aromatic ring is 1. The summed E-state index contributed by atoms with van der Waals surface area (Å²) in [5.74, 6) is 0.375. The van der Waals surface area contributed by atoms with Gasteiger partial charge < -0.3 is 35.2 Å². The zero-order valence-electron chi connectivity index (χ0n) is 65.7. The Balaban J connectivity index is 0.000000157. The Kier molecular flexibility index (Phi) is 26.2. The molecule has 600 valence electrons. The fourth-order valence-electron chi connectivity index (χ4n) is 12.7. The molecule has 0 unspecified atom stereocenters. The van der Waals surface area contributed by atoms with E-state index in [0.717, 1.165) is 57.4 Å². The van der Waals surface area contributed by atoms with Gasteiger partial charge in [0, 0.05) is 103 Å². The lowest BCUT2D eigenvalue weighted by Gasteiger charge is -2.35. The number of rotatable bonds is 13. The third-order valence-electron chi connectivity index (χ3n) is 18.5. The lowest BCUT2D eigenvalue weighted by atomic mass is 10.0. The number of nitrogens with one attached hydrogen (secondary N) is 1. The number of nitrogens with zero attached hydrogens (tertiary/aromatic N) is 20. The summed E-state index contributed by atoms with van der Waals surface area (Å²) in [4.78, 5) is 107. The molecular formula is C81H89Cl2F3N22O7. The SMILES string of the molecule is CC(C)(C)OC(=O)N1CCN(c2ccc(N)nc2)C(=O)C1.CC(C)c1cnn2ccc(-c3nc(Cc4ccc(N5CCN(C(=O)OC(C)(C)C)CC5=O)cn4)ncc3F)cc12.CC(C)c1cnn2ccc(-c3nc(Cc4ccc(N5CCNCC5=O)cn4)ncc3F)cc12.CC(C)c1cnn2ccc(-c3nc(Cl)ncc3F)cc12.Cl. The van der Waals surface area contributed by atoms with Crippen LogP contribution in [0.2, 0.25) is 5.28 Å². The summed E-state index contributed by atoms with van der Waals surface area (Å²) in [6.07, 6.45) is 18.9. The summed E-state index contributed by atoms with van der Waals surface area (Å²) in [6.45, 7) is 26.5. The predicted octanol–water partition coefficient (Wildman–Crippen LogP) is 13.0. The van der Waals surface area contributed by atoms with Gasteiger partial charge in [-0.2, -0.15) is 15.3 Å². The number of anilines is 4. The molecule has 12 aromatic heterocycles. The number of aromatic nitrogens is 15. The number of carbonyl (C=O) groups is 5. The molecule has 0 aromatic carbocycles. The van der Waals surface area contributed by atoms with Crippen molar-refractivity contribution in [2.45, 2.75) is 125 Å². The molecule has 3 N–H and O–H groups in total. The molecule has 34 heteroatoms. The Morgan fingerprint density at radius 1 is 0.478 bits per heavy atom. The van der Waals surface area contributed by atoms with Crippen LogP contribution >= 0.6 is 24.0 Å². The highest BCUT2D eigenvalue weighted by Gasteiger charge is 2.33. The van der Waals surface area contributed by atoms with Crippen LogP contribution in [0.5, 0.6) is 0 Å². The second-order valence-corrected chi connectivity index (χ2v) is 30.6. The number of pyridine rings is 6. The highest BCUT2D eigenvalue weighted by atomic mass is 35.5. The molecule has 29 nitrogen and oxygen atoms in total. The Hall–Kier alpha value is -12.2. The number of carbonyl (C=O) groups excluding carboxylic acids is 5. The number of nitrogens with two attached hydrogens (primary N) is 1. The third-order valence-corrected chi connectivity index (χ3v) is 18.7. The van der Waals surface area contributed by atoms with E-state index in [1.807, 2.05) is 55.1 Å². The third kappa shape index (κ3) is 20.6. The van der Waals surface area contributed by atoms with Gasteiger partial charge in [0.05, 0.1) is 109 Å². The fourth-order valence-corrected chi connectivity index (χ4v) is 12.8. The summed E-state index contributed by atoms with van der Waals surface area (Å²) in [6, 6.07) is 21.7. The average Bonchev–Trinajstić information content (AvgIpc) is 1.70. The number of piperazine rings is 3. The molecule has 3 fully saturated rings. The molecule has 115 heavy (non-hydrogen) atoms. The summed E-state index contributed by atoms with van der Waals surface area (Å²) in [5.41, 5.74) is 16.5. The summed E-state index contributed by atoms with van der Waals surface area (Å²) in [7, 11) is 0. The van der Waals surface area contributed by atoms with E-state index < -0.39 is 40.8 Å². The zero-order valence-corrected chi connectivity index (χ0v) is 67.2. The fraction of sp³-hybridized carbons (Fsp3) is 0.346. The van der Waals surface area contributed by atoms with Crippen molar-refractivity contribution in [2.24, 2.45) is 0 Å². The smallest absolute Gasteiger partial charge is 0.410 e. The largest absolute Gasteiger partial charge is 0.444 e. The first-order valence-corrected chi connectivity index (χ1v) is 37.5. The molecule has 3 aliphatic rings. The maximum Gasteiger partial charge on any atom is 0.410 e. The second kappa shape index (κ2) is 35.9. The summed E-state index contributed by atoms with van der Waals surface area (Å²) >= 11 is 5.74. The number of amides is 5. The molecule has 0 atom stereocenters. The van der Waals surface area contributed by atoms with Gasteiger partial charge in [-0.05, 0) is 144 Å². The lowest BCUT2D eigenvalue weighted by Crippen LogP contribution is -2.53. The normalized spacial score (nSPS) is 14.0. The monoisotopic (exact) mass is 1610 g/mol. The standard InChI is InChI=1S/C29H32FN7O3.C24H24FN7O.C14H12ClFN4.C14H20N4O3.ClH/c1-18(2)22-15-33-37-9-8-19(12-24(22)37)27-23(30)16-32-25(34-27)13-20-6-7-21(14-31-20)36-11-10-35(17-26(36)38)28(39)40-29(3,4)5;1-15(2)19-12-29-32-7-5-16(9-21(19)32)24-20(25)13-28-22(30-24)10-17-3-4-18(11-27-17)31-8-6-26-14-23(31)33;1-8(2)10-6-18-20-4-3-9(5-12(10)20)13-11(16)7-17-14(15)19-13;1-14(2,3)21-13(20)17-6-7-18(12(19)9-17)10-4-5-11(15)16-8-10;/h6-9,12,14-16,18H,10-11,13,17H2,1-5H3;3-5,7,9,11-13,15,26H,6,8,10,14H2,1-2H3;3-8H,1-2H3;4-5,8H,6-7,9H2,1-3H3,(H2,15,16);1H. The number of hydrogen-bond donors (Lipinski definition) is 2. The van der Waals surface area contributed by atoms with Crippen molar-refractivity contribution in [2.75, 3.05) is 79.3 Å². The Morgan fingerprint density at radius 2 is 0.852 bits per heavy atom. The van der Waals surface area contributed by atoms with Gasteiger partial charge in [-0.1, -0.05) is 41.5 Å². The van der Waals surface area contributed by atoms with Gasteiger partial charge in [-0.3, -0.25) is 34.2 Å². The van der Waals surface area contributed by atoms with Gasteiger partial charge in [0.1, 0.15) is 58.8 Å². The van der Waals surface area contributed by atoms with E-state index >= 15 is 0 Å². The van der Waals surface area contributed by atoms with Crippen molar-refractivity contribution < 1.29 is 46.6 Å². The first kappa shape index (κ1) is 83.8. The molecule has 15 heterocycles. The minimum absolute atomic E-state index is 0. The van der Waals surface area contributed by atoms with E-state index in [1.54, 1.807) is 143 Å². The van der Waals surface area contributed by atoms with E-state index in [-0.39, 0.29) is 71.5 Å². The molecule has 0 spiro atoms. The van der Waals surface area contributed by atoms with Crippen molar-refractivity contribution in [3.63, 3.8) is 0 Å². The average molecular weight is 1610 g/mol. The van der Waals surface area contributed by atoms with Gasteiger partial charge in [0.2, 0.25) is 23.0 Å². The highest BCUT2D eigenvalue weighted by molar-refractivity contribution is 6.28. The van der Waals surface area contributed by atoms with Crippen LogP contribution in [0.3, 0.4) is 0 Å². The summed E-state index contributed by atoms with van der Waals surface area (Å²) in [5, 5.41) is 16.1. The molecule has 5 amide bonds. The van der Waals surface area contributed by atoms with E-state index in [1.165, 1.54) is 22.2 Å². The van der Waals surface area contributed by atoms with Crippen LogP contribution in [0, 0.1) is 17.5 Å². The molecular weight excluding hydrogens is 1520 g/mol. The van der Waals surface area contributed by atoms with E-state index in [9.17, 15) is 37.1 Å². The van der Waals surface area contributed by atoms with Crippen LogP contribution in [-0.2, 0) is 36.7 Å². The van der Waals surface area contributed by atoms with Gasteiger partial charge >= 0.3 is 12.2 Å². The molecule has 3 aliphatic heterocycles. The number of fused-ring (bicyclic) bond motifs is 3. The quantitative estimate of drug-likeness (QED) is 0.101. The molecule has 3 saturated heterocycles. The minimum Gasteiger partial charge on any atom is -0.444 e. The van der Waals surface area contributed by atoms with Crippen molar-refractivity contribution >= 4 is 93.3 Å². The van der Waals surface area contributed by atoms with Crippen LogP contribution in [0.1, 0.15) is 141 Å². The topological polar surface area (TPSA) is 326 Å². The van der Waals surface area contributed by atoms with E-state index in [4.69, 9.17) is 26.8 Å². The lowest BCUT2D eigenvalue weighted by molar-refractivity contribution is -0.121. The Labute approximate surface area is 673 Å². The molecule has 0 saturated carbocycles. The van der Waals surface area contributed by atoms with Gasteiger partial charge in [0.15, 0.2) is 17.5 Å². The predicted molar refractivity (Wildman–Crippen MR) is 431 cm³/mol. The highest BCUT2D eigenvalue weighted by Crippen LogP contribution is 2.32.